The predicted molar refractivity (Wildman–Crippen MR) is 99.5 cm³/mol. The fourth-order valence-corrected chi connectivity index (χ4v) is 4.49. The number of rotatable bonds is 3. The van der Waals surface area contributed by atoms with Gasteiger partial charge in [0.15, 0.2) is 5.82 Å². The van der Waals surface area contributed by atoms with Crippen molar-refractivity contribution >= 4 is 16.9 Å². The van der Waals surface area contributed by atoms with Crippen LogP contribution in [-0.2, 0) is 6.54 Å². The van der Waals surface area contributed by atoms with Crippen molar-refractivity contribution in [3.63, 3.8) is 0 Å². The summed E-state index contributed by atoms with van der Waals surface area (Å²) in [5, 5.41) is 0. The Kier molecular flexibility index (Phi) is 3.67. The predicted octanol–water partition coefficient (Wildman–Crippen LogP) is 3.06. The van der Waals surface area contributed by atoms with Gasteiger partial charge in [0.05, 0.1) is 5.52 Å². The van der Waals surface area contributed by atoms with Gasteiger partial charge in [-0.1, -0.05) is 30.3 Å². The summed E-state index contributed by atoms with van der Waals surface area (Å²) >= 11 is 0. The first kappa shape index (κ1) is 14.9. The highest BCUT2D eigenvalue weighted by atomic mass is 15.3. The fraction of sp³-hybridized carbons (Fsp3) is 0.400. The maximum absolute atomic E-state index is 4.64. The molecule has 0 unspecified atom stereocenters. The average molecular weight is 333 g/mol. The smallest absolute Gasteiger partial charge is 0.156 e. The summed E-state index contributed by atoms with van der Waals surface area (Å²) in [6.07, 6.45) is 6.24. The number of nitrogens with one attached hydrogen (secondary N) is 1. The van der Waals surface area contributed by atoms with Gasteiger partial charge in [-0.25, -0.2) is 9.97 Å². The standard InChI is InChI=1S/C20H23N5/c1-2-4-15(5-3-1)10-24-11-16-6-7-17(13-24)25(12-16)20-19-18(8-9-21-19)22-14-23-20/h1-5,8-9,14,16-17,21H,6-7,10-13H2/t16-,17+/m1/s1. The molecule has 3 aliphatic rings. The lowest BCUT2D eigenvalue weighted by Crippen LogP contribution is -2.44. The molecular weight excluding hydrogens is 310 g/mol. The normalized spacial score (nSPS) is 23.9. The highest BCUT2D eigenvalue weighted by Crippen LogP contribution is 2.33. The lowest BCUT2D eigenvalue weighted by molar-refractivity contribution is 0.256. The molecule has 1 N–H and O–H groups in total. The average Bonchev–Trinajstić information content (AvgIpc) is 2.97. The van der Waals surface area contributed by atoms with Gasteiger partial charge < -0.3 is 9.88 Å². The number of fused-ring (bicyclic) bond motifs is 5. The van der Waals surface area contributed by atoms with Gasteiger partial charge in [0.1, 0.15) is 11.8 Å². The number of H-pyrrole nitrogens is 1. The number of aromatic nitrogens is 3. The minimum Gasteiger partial charge on any atom is -0.357 e. The van der Waals surface area contributed by atoms with Crippen LogP contribution < -0.4 is 4.90 Å². The molecule has 2 bridgehead atoms. The van der Waals surface area contributed by atoms with Crippen molar-refractivity contribution in [2.45, 2.75) is 25.4 Å². The molecule has 0 saturated carbocycles. The van der Waals surface area contributed by atoms with Crippen LogP contribution in [0.25, 0.3) is 11.0 Å². The molecule has 0 radical (unpaired) electrons. The van der Waals surface area contributed by atoms with E-state index in [-0.39, 0.29) is 0 Å². The Labute approximate surface area is 147 Å². The number of benzene rings is 1. The molecule has 0 amide bonds. The van der Waals surface area contributed by atoms with Crippen molar-refractivity contribution < 1.29 is 0 Å². The maximum Gasteiger partial charge on any atom is 0.156 e. The highest BCUT2D eigenvalue weighted by molar-refractivity contribution is 5.86. The van der Waals surface area contributed by atoms with Crippen molar-refractivity contribution in [3.8, 4) is 0 Å². The van der Waals surface area contributed by atoms with Crippen molar-refractivity contribution in [2.75, 3.05) is 24.5 Å². The van der Waals surface area contributed by atoms with E-state index in [1.807, 2.05) is 12.3 Å². The molecule has 128 valence electrons. The minimum absolute atomic E-state index is 0.531. The van der Waals surface area contributed by atoms with Crippen LogP contribution in [0.2, 0.25) is 0 Å². The van der Waals surface area contributed by atoms with Gasteiger partial charge in [-0.05, 0) is 30.4 Å². The summed E-state index contributed by atoms with van der Waals surface area (Å²) in [6.45, 7) is 4.43. The SMILES string of the molecule is c1ccc(CN2C[C@H]3CC[C@@H](C2)N(c2ncnc4cc[nH]c24)C3)cc1. The molecule has 1 aromatic carbocycles. The molecule has 25 heavy (non-hydrogen) atoms. The third-order valence-corrected chi connectivity index (χ3v) is 5.64. The molecule has 0 spiro atoms. The van der Waals surface area contributed by atoms with Crippen LogP contribution in [0.15, 0.2) is 48.9 Å². The van der Waals surface area contributed by atoms with Crippen molar-refractivity contribution in [1.29, 1.82) is 0 Å². The van der Waals surface area contributed by atoms with Crippen molar-refractivity contribution in [1.82, 2.24) is 19.9 Å². The summed E-state index contributed by atoms with van der Waals surface area (Å²) in [5.41, 5.74) is 3.49. The second-order valence-corrected chi connectivity index (χ2v) is 7.36. The van der Waals surface area contributed by atoms with Gasteiger partial charge in [0, 0.05) is 38.4 Å². The van der Waals surface area contributed by atoms with E-state index in [1.54, 1.807) is 6.33 Å². The van der Waals surface area contributed by atoms with E-state index in [4.69, 9.17) is 0 Å². The van der Waals surface area contributed by atoms with Crippen molar-refractivity contribution in [2.24, 2.45) is 5.92 Å². The van der Waals surface area contributed by atoms with Gasteiger partial charge in [0.2, 0.25) is 0 Å². The molecular formula is C20H23N5. The summed E-state index contributed by atoms with van der Waals surface area (Å²) in [6, 6.07) is 13.4. The number of hydrogen-bond donors (Lipinski definition) is 1. The molecule has 2 atom stereocenters. The molecule has 3 aliphatic heterocycles. The molecule has 0 aliphatic carbocycles. The van der Waals surface area contributed by atoms with Gasteiger partial charge in [-0.15, -0.1) is 0 Å². The lowest BCUT2D eigenvalue weighted by atomic mass is 9.95. The van der Waals surface area contributed by atoms with Crippen LogP contribution in [0.4, 0.5) is 5.82 Å². The topological polar surface area (TPSA) is 48.1 Å². The van der Waals surface area contributed by atoms with Crippen LogP contribution in [0.3, 0.4) is 0 Å². The Hall–Kier alpha value is -2.40. The molecule has 5 nitrogen and oxygen atoms in total. The minimum atomic E-state index is 0.531. The second kappa shape index (κ2) is 6.15. The first-order valence-corrected chi connectivity index (χ1v) is 9.18. The zero-order valence-corrected chi connectivity index (χ0v) is 14.3. The monoisotopic (exact) mass is 333 g/mol. The summed E-state index contributed by atoms with van der Waals surface area (Å²) < 4.78 is 0. The van der Waals surface area contributed by atoms with Crippen LogP contribution in [-0.4, -0.2) is 45.5 Å². The van der Waals surface area contributed by atoms with Crippen LogP contribution in [0.1, 0.15) is 18.4 Å². The fourth-order valence-electron chi connectivity index (χ4n) is 4.49. The van der Waals surface area contributed by atoms with E-state index in [9.17, 15) is 0 Å². The zero-order valence-electron chi connectivity index (χ0n) is 14.3. The largest absolute Gasteiger partial charge is 0.357 e. The van der Waals surface area contributed by atoms with Crippen LogP contribution >= 0.6 is 0 Å². The molecule has 3 fully saturated rings. The highest BCUT2D eigenvalue weighted by Gasteiger charge is 2.36. The maximum atomic E-state index is 4.64. The first-order valence-electron chi connectivity index (χ1n) is 9.18. The lowest BCUT2D eigenvalue weighted by Gasteiger charge is -2.37. The van der Waals surface area contributed by atoms with Crippen LogP contribution in [0, 0.1) is 5.92 Å². The molecule has 5 heteroatoms. The van der Waals surface area contributed by atoms with E-state index < -0.39 is 0 Å². The van der Waals surface area contributed by atoms with E-state index >= 15 is 0 Å². The number of piperidine rings is 1. The Morgan fingerprint density at radius 1 is 1.00 bits per heavy atom. The van der Waals surface area contributed by atoms with E-state index in [1.165, 1.54) is 24.9 Å². The molecule has 3 aromatic rings. The van der Waals surface area contributed by atoms with Gasteiger partial charge >= 0.3 is 0 Å². The Morgan fingerprint density at radius 3 is 2.84 bits per heavy atom. The van der Waals surface area contributed by atoms with Crippen LogP contribution in [0.5, 0.6) is 0 Å². The number of nitrogens with zero attached hydrogens (tertiary/aromatic N) is 4. The number of hydrogen-bond acceptors (Lipinski definition) is 4. The van der Waals surface area contributed by atoms with Gasteiger partial charge in [-0.3, -0.25) is 4.90 Å². The van der Waals surface area contributed by atoms with Crippen molar-refractivity contribution in [3.05, 3.63) is 54.5 Å². The Morgan fingerprint density at radius 2 is 1.92 bits per heavy atom. The van der Waals surface area contributed by atoms with Gasteiger partial charge in [0.25, 0.3) is 0 Å². The van der Waals surface area contributed by atoms with E-state index in [0.29, 0.717) is 12.0 Å². The third-order valence-electron chi connectivity index (χ3n) is 5.64. The van der Waals surface area contributed by atoms with E-state index in [2.05, 4.69) is 55.1 Å². The first-order chi connectivity index (χ1) is 12.4. The second-order valence-electron chi connectivity index (χ2n) is 7.36. The van der Waals surface area contributed by atoms with E-state index in [0.717, 1.165) is 36.5 Å². The summed E-state index contributed by atoms with van der Waals surface area (Å²) in [7, 11) is 0. The Balaban J connectivity index is 1.42. The quantitative estimate of drug-likeness (QED) is 0.800. The third kappa shape index (κ3) is 2.78. The summed E-state index contributed by atoms with van der Waals surface area (Å²) in [5.74, 6) is 1.79. The number of aromatic amines is 1. The van der Waals surface area contributed by atoms with Gasteiger partial charge in [-0.2, -0.15) is 0 Å². The molecule has 3 saturated heterocycles. The number of anilines is 1. The summed E-state index contributed by atoms with van der Waals surface area (Å²) in [4.78, 5) is 17.5. The Bertz CT molecular complexity index is 859. The molecule has 2 aromatic heterocycles. The molecule has 5 heterocycles. The molecule has 6 rings (SSSR count). The zero-order chi connectivity index (χ0) is 16.6.